The van der Waals surface area contributed by atoms with E-state index in [0.29, 0.717) is 29.6 Å². The molecule has 2 aliphatic heterocycles. The van der Waals surface area contributed by atoms with Crippen LogP contribution in [0.5, 0.6) is 17.2 Å². The van der Waals surface area contributed by atoms with Crippen LogP contribution in [0.4, 0.5) is 5.69 Å². The van der Waals surface area contributed by atoms with E-state index in [1.165, 1.54) is 0 Å². The molecule has 0 aliphatic carbocycles. The van der Waals surface area contributed by atoms with Crippen molar-refractivity contribution in [2.45, 2.75) is 39.0 Å². The number of nitrogens with one attached hydrogen (secondary N) is 2. The van der Waals surface area contributed by atoms with E-state index in [-0.39, 0.29) is 11.9 Å². The molecule has 7 nitrogen and oxygen atoms in total. The normalized spacial score (nSPS) is 21.6. The molecule has 1 fully saturated rings. The second-order valence-electron chi connectivity index (χ2n) is 10.00. The highest BCUT2D eigenvalue weighted by Crippen LogP contribution is 2.48. The second-order valence-corrected chi connectivity index (χ2v) is 10.4. The van der Waals surface area contributed by atoms with E-state index in [4.69, 9.17) is 26.4 Å². The molecule has 2 aliphatic rings. The quantitative estimate of drug-likeness (QED) is 0.408. The van der Waals surface area contributed by atoms with Crippen LogP contribution in [-0.4, -0.2) is 42.4 Å². The number of carbonyl (C=O) groups excluding carboxylic acids is 1. The maximum absolute atomic E-state index is 14.0. The van der Waals surface area contributed by atoms with E-state index in [0.717, 1.165) is 33.7 Å². The van der Waals surface area contributed by atoms with Gasteiger partial charge in [-0.15, -0.1) is 0 Å². The van der Waals surface area contributed by atoms with Crippen molar-refractivity contribution in [2.24, 2.45) is 5.92 Å². The van der Waals surface area contributed by atoms with Gasteiger partial charge in [-0.05, 0) is 74.8 Å². The number of hydrogen-bond acceptors (Lipinski definition) is 5. The minimum atomic E-state index is -0.999. The van der Waals surface area contributed by atoms with Crippen molar-refractivity contribution in [2.75, 3.05) is 26.1 Å². The van der Waals surface area contributed by atoms with E-state index in [9.17, 15) is 4.79 Å². The summed E-state index contributed by atoms with van der Waals surface area (Å²) in [5.74, 6) is 1.42. The fraction of sp³-hybridized carbons (Fsp3) is 0.333. The standard InChI is InChI=1S/C30H33N3O4S/c1-18-10-12-22(19(2)16-18)31-28(34)26-27-21-8-6-7-9-23(21)37-30(26,3)33(29(38)32-27)15-14-20-11-13-24(35-4)25(17-20)36-5/h6-13,16-17,26-27H,14-15H2,1-5H3,(H,31,34)(H,32,38). The van der Waals surface area contributed by atoms with E-state index >= 15 is 0 Å². The predicted molar refractivity (Wildman–Crippen MR) is 152 cm³/mol. The maximum Gasteiger partial charge on any atom is 0.236 e. The zero-order valence-electron chi connectivity index (χ0n) is 22.3. The summed E-state index contributed by atoms with van der Waals surface area (Å²) in [6.45, 7) is 6.54. The number of para-hydroxylation sites is 1. The molecule has 1 amide bonds. The first-order valence-corrected chi connectivity index (χ1v) is 13.1. The largest absolute Gasteiger partial charge is 0.493 e. The zero-order chi connectivity index (χ0) is 27.0. The van der Waals surface area contributed by atoms with Crippen molar-refractivity contribution in [1.29, 1.82) is 0 Å². The molecule has 3 atom stereocenters. The number of benzene rings is 3. The Morgan fingerprint density at radius 2 is 1.84 bits per heavy atom. The van der Waals surface area contributed by atoms with Gasteiger partial charge in [-0.3, -0.25) is 4.79 Å². The van der Waals surface area contributed by atoms with Crippen molar-refractivity contribution in [3.63, 3.8) is 0 Å². The summed E-state index contributed by atoms with van der Waals surface area (Å²) in [7, 11) is 3.24. The molecular weight excluding hydrogens is 498 g/mol. The fourth-order valence-corrected chi connectivity index (χ4v) is 5.96. The van der Waals surface area contributed by atoms with Gasteiger partial charge in [0.25, 0.3) is 0 Å². The third kappa shape index (κ3) is 4.53. The molecule has 0 aromatic heterocycles. The van der Waals surface area contributed by atoms with Crippen molar-refractivity contribution >= 4 is 28.9 Å². The Balaban J connectivity index is 1.48. The highest BCUT2D eigenvalue weighted by molar-refractivity contribution is 7.80. The Labute approximate surface area is 229 Å². The summed E-state index contributed by atoms with van der Waals surface area (Å²) in [5.41, 5.74) is 3.93. The van der Waals surface area contributed by atoms with Crippen LogP contribution < -0.4 is 24.8 Å². The molecule has 2 heterocycles. The molecule has 8 heteroatoms. The van der Waals surface area contributed by atoms with Crippen LogP contribution in [0, 0.1) is 19.8 Å². The number of ether oxygens (including phenoxy) is 3. The second kappa shape index (κ2) is 10.2. The van der Waals surface area contributed by atoms with Crippen LogP contribution in [-0.2, 0) is 11.2 Å². The van der Waals surface area contributed by atoms with Crippen LogP contribution in [0.1, 0.15) is 35.2 Å². The van der Waals surface area contributed by atoms with Crippen LogP contribution in [0.2, 0.25) is 0 Å². The monoisotopic (exact) mass is 531 g/mol. The van der Waals surface area contributed by atoms with Crippen molar-refractivity contribution < 1.29 is 19.0 Å². The number of anilines is 1. The summed E-state index contributed by atoms with van der Waals surface area (Å²) in [5, 5.41) is 7.20. The minimum absolute atomic E-state index is 0.120. The van der Waals surface area contributed by atoms with Crippen molar-refractivity contribution in [1.82, 2.24) is 10.2 Å². The Kier molecular flexibility index (Phi) is 6.92. The van der Waals surface area contributed by atoms with E-state index in [2.05, 4.69) is 16.7 Å². The number of methoxy groups -OCH3 is 2. The molecule has 0 saturated carbocycles. The van der Waals surface area contributed by atoms with E-state index in [1.807, 2.05) is 80.3 Å². The first kappa shape index (κ1) is 25.9. The van der Waals surface area contributed by atoms with Crippen LogP contribution in [0.15, 0.2) is 60.7 Å². The van der Waals surface area contributed by atoms with Crippen LogP contribution >= 0.6 is 12.2 Å². The number of thiocarbonyl (C=S) groups is 1. The highest BCUT2D eigenvalue weighted by atomic mass is 32.1. The van der Waals surface area contributed by atoms with Gasteiger partial charge in [-0.2, -0.15) is 0 Å². The Bertz CT molecular complexity index is 1390. The molecule has 0 spiro atoms. The van der Waals surface area contributed by atoms with Gasteiger partial charge in [-0.1, -0.05) is 42.0 Å². The molecule has 5 rings (SSSR count). The molecule has 198 valence electrons. The van der Waals surface area contributed by atoms with Gasteiger partial charge in [0.05, 0.1) is 20.3 Å². The number of rotatable bonds is 7. The fourth-order valence-electron chi connectivity index (χ4n) is 5.56. The Morgan fingerprint density at radius 1 is 1.08 bits per heavy atom. The highest BCUT2D eigenvalue weighted by Gasteiger charge is 2.58. The Morgan fingerprint density at radius 3 is 2.58 bits per heavy atom. The first-order valence-electron chi connectivity index (χ1n) is 12.7. The molecule has 2 N–H and O–H groups in total. The van der Waals surface area contributed by atoms with Gasteiger partial charge in [0.2, 0.25) is 5.91 Å². The third-order valence-electron chi connectivity index (χ3n) is 7.54. The number of aryl methyl sites for hydroxylation is 2. The molecule has 0 radical (unpaired) electrons. The summed E-state index contributed by atoms with van der Waals surface area (Å²) in [6.07, 6.45) is 0.666. The van der Waals surface area contributed by atoms with Gasteiger partial charge in [0, 0.05) is 17.8 Å². The van der Waals surface area contributed by atoms with Crippen molar-refractivity contribution in [3.8, 4) is 17.2 Å². The lowest BCUT2D eigenvalue weighted by Gasteiger charge is -2.56. The zero-order valence-corrected chi connectivity index (χ0v) is 23.1. The summed E-state index contributed by atoms with van der Waals surface area (Å²) >= 11 is 5.85. The van der Waals surface area contributed by atoms with Crippen LogP contribution in [0.3, 0.4) is 0 Å². The first-order chi connectivity index (χ1) is 18.2. The molecule has 3 aromatic carbocycles. The SMILES string of the molecule is COc1ccc(CCN2C(=S)NC3c4ccccc4OC2(C)C3C(=O)Nc2ccc(C)cc2C)cc1OC. The number of fused-ring (bicyclic) bond motifs is 4. The smallest absolute Gasteiger partial charge is 0.236 e. The summed E-state index contributed by atoms with van der Waals surface area (Å²) < 4.78 is 17.5. The minimum Gasteiger partial charge on any atom is -0.493 e. The van der Waals surface area contributed by atoms with E-state index < -0.39 is 11.6 Å². The number of amides is 1. The summed E-state index contributed by atoms with van der Waals surface area (Å²) in [4.78, 5) is 16.0. The predicted octanol–water partition coefficient (Wildman–Crippen LogP) is 5.16. The van der Waals surface area contributed by atoms with Crippen molar-refractivity contribution in [3.05, 3.63) is 82.9 Å². The van der Waals surface area contributed by atoms with Gasteiger partial charge < -0.3 is 29.7 Å². The lowest BCUT2D eigenvalue weighted by atomic mass is 9.78. The number of carbonyl (C=O) groups is 1. The molecule has 3 unspecified atom stereocenters. The van der Waals surface area contributed by atoms with Gasteiger partial charge in [0.1, 0.15) is 11.7 Å². The topological polar surface area (TPSA) is 72.1 Å². The van der Waals surface area contributed by atoms with E-state index in [1.54, 1.807) is 14.2 Å². The molecule has 38 heavy (non-hydrogen) atoms. The molecule has 2 bridgehead atoms. The number of hydrogen-bond donors (Lipinski definition) is 2. The molecule has 3 aromatic rings. The van der Waals surface area contributed by atoms with Gasteiger partial charge in [0.15, 0.2) is 22.3 Å². The van der Waals surface area contributed by atoms with Gasteiger partial charge in [-0.25, -0.2) is 0 Å². The van der Waals surface area contributed by atoms with Gasteiger partial charge >= 0.3 is 0 Å². The molecular formula is C30H33N3O4S. The summed E-state index contributed by atoms with van der Waals surface area (Å²) in [6, 6.07) is 19.4. The average Bonchev–Trinajstić information content (AvgIpc) is 2.89. The lowest BCUT2D eigenvalue weighted by molar-refractivity contribution is -0.149. The number of nitrogens with zero attached hydrogens (tertiary/aromatic N) is 1. The lowest BCUT2D eigenvalue weighted by Crippen LogP contribution is -2.71. The van der Waals surface area contributed by atoms with Crippen LogP contribution in [0.25, 0.3) is 0 Å². The average molecular weight is 532 g/mol. The maximum atomic E-state index is 14.0. The molecule has 1 saturated heterocycles. The third-order valence-corrected chi connectivity index (χ3v) is 7.87. The Hall–Kier alpha value is -3.78.